The van der Waals surface area contributed by atoms with E-state index in [1.807, 2.05) is 32.0 Å². The minimum atomic E-state index is -0.396. The monoisotopic (exact) mass is 270 g/mol. The number of halogens is 1. The fourth-order valence-electron chi connectivity index (χ4n) is 2.09. The molecule has 0 spiro atoms. The van der Waals surface area contributed by atoms with Crippen molar-refractivity contribution < 1.29 is 9.13 Å². The lowest BCUT2D eigenvalue weighted by molar-refractivity contribution is 0.299. The van der Waals surface area contributed by atoms with Crippen LogP contribution in [0.5, 0.6) is 5.75 Å². The largest absolute Gasteiger partial charge is 0.486 e. The van der Waals surface area contributed by atoms with Crippen LogP contribution in [0.25, 0.3) is 0 Å². The maximum atomic E-state index is 13.7. The first-order valence-electron chi connectivity index (χ1n) is 6.19. The van der Waals surface area contributed by atoms with Crippen molar-refractivity contribution in [2.45, 2.75) is 20.5 Å². The van der Waals surface area contributed by atoms with Crippen LogP contribution in [0.3, 0.4) is 0 Å². The van der Waals surface area contributed by atoms with Gasteiger partial charge in [-0.3, -0.25) is 0 Å². The third-order valence-corrected chi connectivity index (χ3v) is 2.99. The van der Waals surface area contributed by atoms with Gasteiger partial charge >= 0.3 is 0 Å². The van der Waals surface area contributed by atoms with Gasteiger partial charge in [-0.25, -0.2) is 4.39 Å². The van der Waals surface area contributed by atoms with Crippen LogP contribution in [0.15, 0.2) is 30.3 Å². The molecule has 0 aliphatic carbocycles. The number of rotatable bonds is 3. The van der Waals surface area contributed by atoms with Crippen molar-refractivity contribution >= 4 is 5.69 Å². The highest BCUT2D eigenvalue weighted by Crippen LogP contribution is 2.28. The fourth-order valence-corrected chi connectivity index (χ4v) is 2.09. The molecule has 0 saturated carbocycles. The van der Waals surface area contributed by atoms with Gasteiger partial charge in [0.2, 0.25) is 0 Å². The lowest BCUT2D eigenvalue weighted by Crippen LogP contribution is -2.03. The van der Waals surface area contributed by atoms with Gasteiger partial charge in [-0.1, -0.05) is 6.07 Å². The second kappa shape index (κ2) is 5.62. The average Bonchev–Trinajstić information content (AvgIpc) is 2.39. The summed E-state index contributed by atoms with van der Waals surface area (Å²) < 4.78 is 19.3. The van der Waals surface area contributed by atoms with Crippen LogP contribution < -0.4 is 10.5 Å². The summed E-state index contributed by atoms with van der Waals surface area (Å²) in [6.45, 7) is 3.87. The van der Waals surface area contributed by atoms with E-state index >= 15 is 0 Å². The number of nitrogens with zero attached hydrogens (tertiary/aromatic N) is 1. The molecule has 102 valence electrons. The van der Waals surface area contributed by atoms with Crippen LogP contribution in [-0.2, 0) is 6.61 Å². The van der Waals surface area contributed by atoms with E-state index in [1.54, 1.807) is 0 Å². The first-order chi connectivity index (χ1) is 9.51. The Labute approximate surface area is 117 Å². The van der Waals surface area contributed by atoms with Gasteiger partial charge in [0.1, 0.15) is 18.2 Å². The SMILES string of the molecule is Cc1cc(C)c(OCc2cc(C#N)ccc2F)c(N)c1. The van der Waals surface area contributed by atoms with Gasteiger partial charge in [0.15, 0.2) is 0 Å². The smallest absolute Gasteiger partial charge is 0.145 e. The van der Waals surface area contributed by atoms with E-state index in [4.69, 9.17) is 15.7 Å². The van der Waals surface area contributed by atoms with Gasteiger partial charge in [0, 0.05) is 5.56 Å². The van der Waals surface area contributed by atoms with Gasteiger partial charge in [-0.05, 0) is 49.2 Å². The highest BCUT2D eigenvalue weighted by Gasteiger charge is 2.09. The standard InChI is InChI=1S/C16H15FN2O/c1-10-5-11(2)16(15(19)6-10)20-9-13-7-12(8-18)3-4-14(13)17/h3-7H,9,19H2,1-2H3. The summed E-state index contributed by atoms with van der Waals surface area (Å²) in [4.78, 5) is 0. The number of benzene rings is 2. The van der Waals surface area contributed by atoms with Gasteiger partial charge in [0.05, 0.1) is 17.3 Å². The summed E-state index contributed by atoms with van der Waals surface area (Å²) in [6, 6.07) is 9.92. The van der Waals surface area contributed by atoms with E-state index in [9.17, 15) is 4.39 Å². The molecule has 2 aromatic rings. The molecule has 0 aliphatic rings. The van der Waals surface area contributed by atoms with E-state index in [0.717, 1.165) is 11.1 Å². The molecule has 0 aromatic heterocycles. The Hall–Kier alpha value is -2.54. The number of nitrogen functional groups attached to an aromatic ring is 1. The lowest BCUT2D eigenvalue weighted by atomic mass is 10.1. The van der Waals surface area contributed by atoms with Crippen molar-refractivity contribution in [1.82, 2.24) is 0 Å². The molecule has 0 amide bonds. The van der Waals surface area contributed by atoms with E-state index in [-0.39, 0.29) is 6.61 Å². The predicted molar refractivity (Wildman–Crippen MR) is 75.8 cm³/mol. The Morgan fingerprint density at radius 3 is 2.65 bits per heavy atom. The van der Waals surface area contributed by atoms with Crippen LogP contribution >= 0.6 is 0 Å². The Morgan fingerprint density at radius 1 is 1.25 bits per heavy atom. The predicted octanol–water partition coefficient (Wildman–Crippen LogP) is 3.48. The number of hydrogen-bond donors (Lipinski definition) is 1. The van der Waals surface area contributed by atoms with Crippen molar-refractivity contribution in [2.75, 3.05) is 5.73 Å². The number of anilines is 1. The number of ether oxygens (including phenoxy) is 1. The summed E-state index contributed by atoms with van der Waals surface area (Å²) >= 11 is 0. The van der Waals surface area contributed by atoms with Crippen molar-refractivity contribution in [2.24, 2.45) is 0 Å². The first kappa shape index (κ1) is 13.9. The zero-order valence-electron chi connectivity index (χ0n) is 11.4. The van der Waals surface area contributed by atoms with Crippen molar-refractivity contribution in [1.29, 1.82) is 5.26 Å². The molecule has 2 aromatic carbocycles. The van der Waals surface area contributed by atoms with Crippen LogP contribution in [0.4, 0.5) is 10.1 Å². The summed E-state index contributed by atoms with van der Waals surface area (Å²) in [6.07, 6.45) is 0. The molecular formula is C16H15FN2O. The molecule has 0 saturated heterocycles. The minimum absolute atomic E-state index is 0.0372. The molecule has 0 radical (unpaired) electrons. The zero-order valence-corrected chi connectivity index (χ0v) is 11.4. The Kier molecular flexibility index (Phi) is 3.90. The summed E-state index contributed by atoms with van der Waals surface area (Å²) in [7, 11) is 0. The van der Waals surface area contributed by atoms with Gasteiger partial charge in [-0.15, -0.1) is 0 Å². The van der Waals surface area contributed by atoms with E-state index < -0.39 is 5.82 Å². The van der Waals surface area contributed by atoms with Crippen molar-refractivity contribution in [3.8, 4) is 11.8 Å². The quantitative estimate of drug-likeness (QED) is 0.869. The first-order valence-corrected chi connectivity index (χ1v) is 6.19. The molecule has 0 aliphatic heterocycles. The third kappa shape index (κ3) is 2.89. The number of nitriles is 1. The van der Waals surface area contributed by atoms with Gasteiger partial charge in [-0.2, -0.15) is 5.26 Å². The molecule has 0 unspecified atom stereocenters. The highest BCUT2D eigenvalue weighted by molar-refractivity contribution is 5.58. The van der Waals surface area contributed by atoms with Crippen LogP contribution in [0.1, 0.15) is 22.3 Å². The van der Waals surface area contributed by atoms with Gasteiger partial charge in [0.25, 0.3) is 0 Å². The third-order valence-electron chi connectivity index (χ3n) is 2.99. The Balaban J connectivity index is 2.24. The number of hydrogen-bond acceptors (Lipinski definition) is 3. The summed E-state index contributed by atoms with van der Waals surface area (Å²) in [5.41, 5.74) is 9.12. The molecule has 4 heteroatoms. The minimum Gasteiger partial charge on any atom is -0.486 e. The molecule has 20 heavy (non-hydrogen) atoms. The van der Waals surface area contributed by atoms with Crippen LogP contribution in [0, 0.1) is 31.0 Å². The second-order valence-corrected chi connectivity index (χ2v) is 4.71. The summed E-state index contributed by atoms with van der Waals surface area (Å²) in [5, 5.41) is 8.82. The highest BCUT2D eigenvalue weighted by atomic mass is 19.1. The molecule has 0 bridgehead atoms. The molecule has 3 nitrogen and oxygen atoms in total. The summed E-state index contributed by atoms with van der Waals surface area (Å²) in [5.74, 6) is 0.157. The van der Waals surface area contributed by atoms with E-state index in [2.05, 4.69) is 0 Å². The van der Waals surface area contributed by atoms with Crippen LogP contribution in [-0.4, -0.2) is 0 Å². The average molecular weight is 270 g/mol. The molecule has 2 rings (SSSR count). The van der Waals surface area contributed by atoms with Crippen LogP contribution in [0.2, 0.25) is 0 Å². The van der Waals surface area contributed by atoms with Gasteiger partial charge < -0.3 is 10.5 Å². The zero-order chi connectivity index (χ0) is 14.7. The lowest BCUT2D eigenvalue weighted by Gasteiger charge is -2.13. The number of aryl methyl sites for hydroxylation is 2. The molecule has 2 N–H and O–H groups in total. The normalized spacial score (nSPS) is 10.1. The second-order valence-electron chi connectivity index (χ2n) is 4.71. The molecular weight excluding hydrogens is 255 g/mol. The fraction of sp³-hybridized carbons (Fsp3) is 0.188. The number of nitrogens with two attached hydrogens (primary N) is 1. The van der Waals surface area contributed by atoms with E-state index in [1.165, 1.54) is 18.2 Å². The van der Waals surface area contributed by atoms with Crippen molar-refractivity contribution in [3.63, 3.8) is 0 Å². The van der Waals surface area contributed by atoms with E-state index in [0.29, 0.717) is 22.6 Å². The van der Waals surface area contributed by atoms with Crippen molar-refractivity contribution in [3.05, 3.63) is 58.4 Å². The molecule has 0 atom stereocenters. The molecule has 0 fully saturated rings. The maximum absolute atomic E-state index is 13.7. The maximum Gasteiger partial charge on any atom is 0.145 e. The Morgan fingerprint density at radius 2 is 2.00 bits per heavy atom. The molecule has 0 heterocycles. The Bertz CT molecular complexity index is 666. The topological polar surface area (TPSA) is 59.0 Å².